The van der Waals surface area contributed by atoms with E-state index >= 15 is 0 Å². The van der Waals surface area contributed by atoms with Crippen LogP contribution in [0.3, 0.4) is 0 Å². The second-order valence-corrected chi connectivity index (χ2v) is 6.77. The van der Waals surface area contributed by atoms with Crippen LogP contribution in [0.25, 0.3) is 16.7 Å². The van der Waals surface area contributed by atoms with E-state index in [4.69, 9.17) is 14.2 Å². The first-order valence-corrected chi connectivity index (χ1v) is 8.59. The molecule has 0 aliphatic rings. The number of hydrogen-bond donors (Lipinski definition) is 0. The Morgan fingerprint density at radius 1 is 1.11 bits per heavy atom. The Morgan fingerprint density at radius 3 is 2.29 bits per heavy atom. The third-order valence-corrected chi connectivity index (χ3v) is 4.71. The SMILES string of the molecule is COC(=O)c1c(OC)cc(-n2cnc3cc(C(C)(C)C#N)ccc32)cc1OC. The van der Waals surface area contributed by atoms with Gasteiger partial charge in [0.15, 0.2) is 0 Å². The molecule has 0 amide bonds. The van der Waals surface area contributed by atoms with Crippen molar-refractivity contribution in [2.24, 2.45) is 0 Å². The molecule has 2 aromatic carbocycles. The molecule has 3 aromatic rings. The van der Waals surface area contributed by atoms with E-state index in [0.29, 0.717) is 11.5 Å². The van der Waals surface area contributed by atoms with Gasteiger partial charge in [0, 0.05) is 12.1 Å². The van der Waals surface area contributed by atoms with E-state index in [1.54, 1.807) is 18.5 Å². The molecule has 0 saturated heterocycles. The van der Waals surface area contributed by atoms with Gasteiger partial charge in [0.2, 0.25) is 0 Å². The molecule has 7 heteroatoms. The van der Waals surface area contributed by atoms with Crippen LogP contribution >= 0.6 is 0 Å². The molecule has 0 unspecified atom stereocenters. The van der Waals surface area contributed by atoms with E-state index < -0.39 is 11.4 Å². The minimum atomic E-state index is -0.605. The maximum absolute atomic E-state index is 12.1. The van der Waals surface area contributed by atoms with E-state index in [2.05, 4.69) is 11.1 Å². The molecule has 1 heterocycles. The summed E-state index contributed by atoms with van der Waals surface area (Å²) in [5, 5.41) is 9.37. The van der Waals surface area contributed by atoms with Crippen LogP contribution in [0.5, 0.6) is 11.5 Å². The summed E-state index contributed by atoms with van der Waals surface area (Å²) in [6, 6.07) is 11.5. The van der Waals surface area contributed by atoms with E-state index in [-0.39, 0.29) is 5.56 Å². The topological polar surface area (TPSA) is 86.4 Å². The Hall–Kier alpha value is -3.53. The number of carbonyl (C=O) groups is 1. The fourth-order valence-corrected chi connectivity index (χ4v) is 3.01. The van der Waals surface area contributed by atoms with Crippen LogP contribution in [-0.4, -0.2) is 36.8 Å². The molecular weight excluding hydrogens is 358 g/mol. The standard InChI is InChI=1S/C21H21N3O4/c1-21(2,11-22)13-6-7-16-15(8-13)23-12-24(16)14-9-17(26-3)19(20(25)28-5)18(10-14)27-4/h6-10,12H,1-5H3. The predicted molar refractivity (Wildman–Crippen MR) is 104 cm³/mol. The van der Waals surface area contributed by atoms with E-state index in [9.17, 15) is 10.1 Å². The molecule has 0 aliphatic carbocycles. The van der Waals surface area contributed by atoms with Gasteiger partial charge in [0.1, 0.15) is 23.4 Å². The lowest BCUT2D eigenvalue weighted by Gasteiger charge is -2.16. The number of ether oxygens (including phenoxy) is 3. The highest BCUT2D eigenvalue weighted by atomic mass is 16.5. The van der Waals surface area contributed by atoms with Crippen molar-refractivity contribution in [3.05, 3.63) is 47.8 Å². The van der Waals surface area contributed by atoms with Gasteiger partial charge in [-0.2, -0.15) is 5.26 Å². The second kappa shape index (κ2) is 7.24. The number of methoxy groups -OCH3 is 3. The van der Waals surface area contributed by atoms with Gasteiger partial charge in [-0.1, -0.05) is 6.07 Å². The lowest BCUT2D eigenvalue weighted by molar-refractivity contribution is 0.0593. The van der Waals surface area contributed by atoms with Gasteiger partial charge in [-0.05, 0) is 31.5 Å². The third-order valence-electron chi connectivity index (χ3n) is 4.71. The second-order valence-electron chi connectivity index (χ2n) is 6.77. The number of aromatic nitrogens is 2. The number of carbonyl (C=O) groups excluding carboxylic acids is 1. The molecule has 0 bridgehead atoms. The Kier molecular flexibility index (Phi) is 4.97. The number of nitrogens with zero attached hydrogens (tertiary/aromatic N) is 3. The number of hydrogen-bond acceptors (Lipinski definition) is 6. The van der Waals surface area contributed by atoms with Crippen LogP contribution in [0, 0.1) is 11.3 Å². The summed E-state index contributed by atoms with van der Waals surface area (Å²) in [5.74, 6) is 0.134. The minimum Gasteiger partial charge on any atom is -0.496 e. The van der Waals surface area contributed by atoms with Crippen molar-refractivity contribution in [3.8, 4) is 23.3 Å². The number of rotatable bonds is 5. The first-order valence-electron chi connectivity index (χ1n) is 8.59. The van der Waals surface area contributed by atoms with Gasteiger partial charge in [-0.15, -0.1) is 0 Å². The molecule has 144 valence electrons. The molecule has 7 nitrogen and oxygen atoms in total. The lowest BCUT2D eigenvalue weighted by atomic mass is 9.86. The lowest BCUT2D eigenvalue weighted by Crippen LogP contribution is -2.13. The van der Waals surface area contributed by atoms with Crippen LogP contribution in [0.15, 0.2) is 36.7 Å². The molecule has 0 fully saturated rings. The van der Waals surface area contributed by atoms with Gasteiger partial charge in [-0.3, -0.25) is 4.57 Å². The highest BCUT2D eigenvalue weighted by Gasteiger charge is 2.23. The summed E-state index contributed by atoms with van der Waals surface area (Å²) in [6.45, 7) is 3.73. The summed E-state index contributed by atoms with van der Waals surface area (Å²) < 4.78 is 17.5. The number of benzene rings is 2. The van der Waals surface area contributed by atoms with E-state index in [0.717, 1.165) is 22.3 Å². The molecule has 1 aromatic heterocycles. The van der Waals surface area contributed by atoms with Crippen molar-refractivity contribution in [1.29, 1.82) is 5.26 Å². The normalized spacial score (nSPS) is 11.1. The Morgan fingerprint density at radius 2 is 1.75 bits per heavy atom. The van der Waals surface area contributed by atoms with Crippen molar-refractivity contribution in [1.82, 2.24) is 9.55 Å². The van der Waals surface area contributed by atoms with Crippen molar-refractivity contribution in [3.63, 3.8) is 0 Å². The average molecular weight is 379 g/mol. The van der Waals surface area contributed by atoms with Gasteiger partial charge in [-0.25, -0.2) is 9.78 Å². The molecule has 0 saturated carbocycles. The van der Waals surface area contributed by atoms with Gasteiger partial charge >= 0.3 is 5.97 Å². The first-order chi connectivity index (χ1) is 13.4. The van der Waals surface area contributed by atoms with Crippen LogP contribution in [0.1, 0.15) is 29.8 Å². The summed E-state index contributed by atoms with van der Waals surface area (Å²) in [6.07, 6.45) is 1.68. The fourth-order valence-electron chi connectivity index (χ4n) is 3.01. The number of imidazole rings is 1. The van der Waals surface area contributed by atoms with Crippen LogP contribution in [0.4, 0.5) is 0 Å². The predicted octanol–water partition coefficient (Wildman–Crippen LogP) is 3.63. The van der Waals surface area contributed by atoms with Crippen molar-refractivity contribution in [2.75, 3.05) is 21.3 Å². The third kappa shape index (κ3) is 3.14. The summed E-state index contributed by atoms with van der Waals surface area (Å²) in [7, 11) is 4.26. The largest absolute Gasteiger partial charge is 0.496 e. The summed E-state index contributed by atoms with van der Waals surface area (Å²) in [4.78, 5) is 16.6. The average Bonchev–Trinajstić information content (AvgIpc) is 3.15. The number of esters is 1. The Labute approximate surface area is 163 Å². The summed E-state index contributed by atoms with van der Waals surface area (Å²) in [5.41, 5.74) is 2.84. The molecule has 0 aliphatic heterocycles. The smallest absolute Gasteiger partial charge is 0.345 e. The van der Waals surface area contributed by atoms with Gasteiger partial charge in [0.05, 0.1) is 49.5 Å². The quantitative estimate of drug-likeness (QED) is 0.629. The minimum absolute atomic E-state index is 0.221. The fraction of sp³-hybridized carbons (Fsp3) is 0.286. The molecular formula is C21H21N3O4. The molecule has 0 N–H and O–H groups in total. The van der Waals surface area contributed by atoms with Crippen molar-refractivity contribution >= 4 is 17.0 Å². The number of fused-ring (bicyclic) bond motifs is 1. The number of nitriles is 1. The van der Waals surface area contributed by atoms with Crippen LogP contribution in [-0.2, 0) is 10.2 Å². The van der Waals surface area contributed by atoms with Crippen LogP contribution in [0.2, 0.25) is 0 Å². The van der Waals surface area contributed by atoms with Crippen molar-refractivity contribution in [2.45, 2.75) is 19.3 Å². The maximum atomic E-state index is 12.1. The molecule has 28 heavy (non-hydrogen) atoms. The zero-order chi connectivity index (χ0) is 20.5. The zero-order valence-corrected chi connectivity index (χ0v) is 16.4. The summed E-state index contributed by atoms with van der Waals surface area (Å²) >= 11 is 0. The van der Waals surface area contributed by atoms with Gasteiger partial charge in [0.25, 0.3) is 0 Å². The maximum Gasteiger partial charge on any atom is 0.345 e. The van der Waals surface area contributed by atoms with Gasteiger partial charge < -0.3 is 14.2 Å². The zero-order valence-electron chi connectivity index (χ0n) is 16.4. The Bertz CT molecular complexity index is 1070. The monoisotopic (exact) mass is 379 g/mol. The molecule has 0 atom stereocenters. The molecule has 0 radical (unpaired) electrons. The molecule has 0 spiro atoms. The van der Waals surface area contributed by atoms with Crippen molar-refractivity contribution < 1.29 is 19.0 Å². The molecule has 3 rings (SSSR count). The van der Waals surface area contributed by atoms with E-state index in [1.807, 2.05) is 36.6 Å². The van der Waals surface area contributed by atoms with Crippen LogP contribution < -0.4 is 9.47 Å². The highest BCUT2D eigenvalue weighted by molar-refractivity contribution is 5.96. The van der Waals surface area contributed by atoms with E-state index in [1.165, 1.54) is 21.3 Å². The highest BCUT2D eigenvalue weighted by Crippen LogP contribution is 2.34. The first kappa shape index (κ1) is 19.2. The Balaban J connectivity index is 2.18.